The Balaban J connectivity index is 1.40. The van der Waals surface area contributed by atoms with E-state index in [1.807, 2.05) is 52.0 Å². The van der Waals surface area contributed by atoms with Gasteiger partial charge in [-0.2, -0.15) is 0 Å². The van der Waals surface area contributed by atoms with Crippen LogP contribution in [0.5, 0.6) is 11.5 Å². The molecule has 3 aromatic heterocycles. The molecule has 0 aliphatic carbocycles. The Hall–Kier alpha value is -3.43. The standard InChI is InChI=1S/C27H28ClN5O3S/c1-15-12-33(26(34)36-27(3,4)5)13-21-22(15)23-24(30-14-31-25(23)37-21)32-17-7-9-20(19(28)10-17)35-18-8-6-16(2)29-11-18/h6-11,14-15H,12-13H2,1-5H3,(H,30,31,32). The highest BCUT2D eigenvalue weighted by atomic mass is 35.5. The molecular formula is C27H28ClN5O3S. The summed E-state index contributed by atoms with van der Waals surface area (Å²) in [4.78, 5) is 29.8. The van der Waals surface area contributed by atoms with Crippen molar-refractivity contribution in [3.8, 4) is 11.5 Å². The third kappa shape index (κ3) is 5.47. The highest BCUT2D eigenvalue weighted by Crippen LogP contribution is 2.43. The summed E-state index contributed by atoms with van der Waals surface area (Å²) in [6.45, 7) is 10.7. The first-order valence-electron chi connectivity index (χ1n) is 12.0. The number of ether oxygens (including phenoxy) is 2. The van der Waals surface area contributed by atoms with Crippen molar-refractivity contribution in [1.29, 1.82) is 0 Å². The monoisotopic (exact) mass is 537 g/mol. The average molecular weight is 538 g/mol. The van der Waals surface area contributed by atoms with Crippen LogP contribution in [0.2, 0.25) is 5.02 Å². The number of aryl methyl sites for hydroxylation is 1. The van der Waals surface area contributed by atoms with Crippen LogP contribution in [0.3, 0.4) is 0 Å². The van der Waals surface area contributed by atoms with Crippen LogP contribution in [-0.4, -0.2) is 38.1 Å². The first kappa shape index (κ1) is 25.2. The highest BCUT2D eigenvalue weighted by Gasteiger charge is 2.33. The van der Waals surface area contributed by atoms with E-state index in [0.29, 0.717) is 35.4 Å². The van der Waals surface area contributed by atoms with Crippen molar-refractivity contribution >= 4 is 50.8 Å². The summed E-state index contributed by atoms with van der Waals surface area (Å²) in [5, 5.41) is 4.84. The predicted octanol–water partition coefficient (Wildman–Crippen LogP) is 7.44. The van der Waals surface area contributed by atoms with Crippen LogP contribution in [0.15, 0.2) is 42.9 Å². The zero-order valence-electron chi connectivity index (χ0n) is 21.3. The smallest absolute Gasteiger partial charge is 0.410 e. The van der Waals surface area contributed by atoms with Gasteiger partial charge in [0.1, 0.15) is 34.1 Å². The molecule has 0 spiro atoms. The number of nitrogens with zero attached hydrogens (tertiary/aromatic N) is 4. The Morgan fingerprint density at radius 3 is 2.70 bits per heavy atom. The number of pyridine rings is 1. The maximum absolute atomic E-state index is 12.7. The molecule has 1 atom stereocenters. The minimum absolute atomic E-state index is 0.0963. The second kappa shape index (κ2) is 9.79. The number of fused-ring (bicyclic) bond motifs is 3. The van der Waals surface area contributed by atoms with Crippen LogP contribution in [0.25, 0.3) is 10.2 Å². The number of amides is 1. The van der Waals surface area contributed by atoms with E-state index in [4.69, 9.17) is 21.1 Å². The van der Waals surface area contributed by atoms with Crippen molar-refractivity contribution in [2.45, 2.75) is 52.7 Å². The molecule has 37 heavy (non-hydrogen) atoms. The molecule has 0 saturated carbocycles. The molecule has 192 valence electrons. The highest BCUT2D eigenvalue weighted by molar-refractivity contribution is 7.19. The Bertz CT molecular complexity index is 1470. The number of thiophene rings is 1. The van der Waals surface area contributed by atoms with E-state index in [1.165, 1.54) is 5.56 Å². The van der Waals surface area contributed by atoms with Gasteiger partial charge in [-0.1, -0.05) is 18.5 Å². The van der Waals surface area contributed by atoms with Crippen molar-refractivity contribution in [2.75, 3.05) is 11.9 Å². The second-order valence-corrected chi connectivity index (χ2v) is 11.6. The number of anilines is 2. The van der Waals surface area contributed by atoms with Crippen LogP contribution >= 0.6 is 22.9 Å². The largest absolute Gasteiger partial charge is 0.454 e. The maximum Gasteiger partial charge on any atom is 0.410 e. The van der Waals surface area contributed by atoms with Gasteiger partial charge in [-0.15, -0.1) is 11.3 Å². The SMILES string of the molecule is Cc1ccc(Oc2ccc(Nc3ncnc4sc5c(c34)C(C)CN(C(=O)OC(C)(C)C)C5)cc2Cl)cn1. The van der Waals surface area contributed by atoms with Crippen LogP contribution in [0.1, 0.15) is 49.7 Å². The van der Waals surface area contributed by atoms with Crippen molar-refractivity contribution in [3.63, 3.8) is 0 Å². The number of hydrogen-bond donors (Lipinski definition) is 1. The Morgan fingerprint density at radius 2 is 2.00 bits per heavy atom. The van der Waals surface area contributed by atoms with Gasteiger partial charge in [-0.05, 0) is 63.6 Å². The van der Waals surface area contributed by atoms with E-state index in [1.54, 1.807) is 34.8 Å². The molecule has 1 amide bonds. The molecule has 0 radical (unpaired) electrons. The lowest BCUT2D eigenvalue weighted by Crippen LogP contribution is -2.40. The van der Waals surface area contributed by atoms with Crippen LogP contribution < -0.4 is 10.1 Å². The zero-order valence-corrected chi connectivity index (χ0v) is 22.9. The van der Waals surface area contributed by atoms with Crippen molar-refractivity contribution in [3.05, 3.63) is 64.0 Å². The molecule has 8 nitrogen and oxygen atoms in total. The van der Waals surface area contributed by atoms with Crippen LogP contribution in [-0.2, 0) is 11.3 Å². The molecule has 0 fully saturated rings. The van der Waals surface area contributed by atoms with E-state index in [0.717, 1.165) is 26.5 Å². The van der Waals surface area contributed by atoms with E-state index in [9.17, 15) is 4.79 Å². The summed E-state index contributed by atoms with van der Waals surface area (Å²) in [5.41, 5.74) is 2.32. The molecule has 1 aromatic carbocycles. The van der Waals surface area contributed by atoms with Crippen LogP contribution in [0, 0.1) is 6.92 Å². The number of benzene rings is 1. The first-order valence-corrected chi connectivity index (χ1v) is 13.2. The summed E-state index contributed by atoms with van der Waals surface area (Å²) in [5.74, 6) is 1.95. The van der Waals surface area contributed by atoms with Gasteiger partial charge >= 0.3 is 6.09 Å². The molecule has 0 saturated heterocycles. The van der Waals surface area contributed by atoms with E-state index in [2.05, 4.69) is 27.2 Å². The van der Waals surface area contributed by atoms with Gasteiger partial charge in [0.2, 0.25) is 0 Å². The molecule has 4 aromatic rings. The van der Waals surface area contributed by atoms with Gasteiger partial charge < -0.3 is 19.7 Å². The number of nitrogens with one attached hydrogen (secondary N) is 1. The molecular weight excluding hydrogens is 510 g/mol. The van der Waals surface area contributed by atoms with Crippen molar-refractivity contribution < 1.29 is 14.3 Å². The normalized spacial score (nSPS) is 15.4. The van der Waals surface area contributed by atoms with Crippen molar-refractivity contribution in [1.82, 2.24) is 19.9 Å². The number of rotatable bonds is 4. The minimum Gasteiger partial charge on any atom is -0.454 e. The number of halogens is 1. The Labute approximate surface area is 224 Å². The lowest BCUT2D eigenvalue weighted by Gasteiger charge is -2.33. The van der Waals surface area contributed by atoms with Crippen molar-refractivity contribution in [2.24, 2.45) is 0 Å². The maximum atomic E-state index is 12.7. The van der Waals surface area contributed by atoms with Gasteiger partial charge in [-0.25, -0.2) is 14.8 Å². The van der Waals surface area contributed by atoms with E-state index < -0.39 is 5.60 Å². The molecule has 1 N–H and O–H groups in total. The molecule has 4 heterocycles. The zero-order chi connectivity index (χ0) is 26.3. The summed E-state index contributed by atoms with van der Waals surface area (Å²) >= 11 is 8.12. The summed E-state index contributed by atoms with van der Waals surface area (Å²) in [6, 6.07) is 9.25. The van der Waals surface area contributed by atoms with Gasteiger partial charge in [0.05, 0.1) is 23.2 Å². The Morgan fingerprint density at radius 1 is 1.19 bits per heavy atom. The molecule has 1 aliphatic rings. The third-order valence-corrected chi connectivity index (χ3v) is 7.28. The lowest BCUT2D eigenvalue weighted by molar-refractivity contribution is 0.0212. The number of aromatic nitrogens is 3. The first-order chi connectivity index (χ1) is 17.6. The quantitative estimate of drug-likeness (QED) is 0.289. The number of carbonyl (C=O) groups excluding carboxylic acids is 1. The van der Waals surface area contributed by atoms with Crippen LogP contribution in [0.4, 0.5) is 16.3 Å². The summed E-state index contributed by atoms with van der Waals surface area (Å²) in [7, 11) is 0. The number of carbonyl (C=O) groups is 1. The average Bonchev–Trinajstić information content (AvgIpc) is 3.21. The summed E-state index contributed by atoms with van der Waals surface area (Å²) < 4.78 is 11.5. The Kier molecular flexibility index (Phi) is 6.68. The predicted molar refractivity (Wildman–Crippen MR) is 146 cm³/mol. The van der Waals surface area contributed by atoms with Gasteiger partial charge in [-0.3, -0.25) is 4.98 Å². The molecule has 10 heteroatoms. The van der Waals surface area contributed by atoms with E-state index in [-0.39, 0.29) is 12.0 Å². The fraction of sp³-hybridized carbons (Fsp3) is 0.333. The lowest BCUT2D eigenvalue weighted by atomic mass is 9.94. The van der Waals surface area contributed by atoms with Gasteiger partial charge in [0.25, 0.3) is 0 Å². The molecule has 5 rings (SSSR count). The summed E-state index contributed by atoms with van der Waals surface area (Å²) in [6.07, 6.45) is 2.91. The number of hydrogen-bond acceptors (Lipinski definition) is 8. The third-order valence-electron chi connectivity index (χ3n) is 5.88. The molecule has 1 aliphatic heterocycles. The minimum atomic E-state index is -0.539. The fourth-order valence-electron chi connectivity index (χ4n) is 4.30. The molecule has 1 unspecified atom stereocenters. The fourth-order valence-corrected chi connectivity index (χ4v) is 5.79. The molecule has 0 bridgehead atoms. The van der Waals surface area contributed by atoms with Gasteiger partial charge in [0.15, 0.2) is 0 Å². The van der Waals surface area contributed by atoms with Gasteiger partial charge in [0, 0.05) is 28.7 Å². The van der Waals surface area contributed by atoms with E-state index >= 15 is 0 Å². The second-order valence-electron chi connectivity index (χ2n) is 10.1. The topological polar surface area (TPSA) is 89.5 Å².